The lowest BCUT2D eigenvalue weighted by Gasteiger charge is -2.18. The average Bonchev–Trinajstić information content (AvgIpc) is 3.05. The van der Waals surface area contributed by atoms with E-state index < -0.39 is 24.4 Å². The normalized spacial score (nSPS) is 30.7. The number of aliphatic hydroxyl groups excluding tert-OH is 2. The molecule has 0 radical (unpaired) electrons. The van der Waals surface area contributed by atoms with Crippen LogP contribution in [-0.2, 0) is 4.74 Å². The third-order valence-electron chi connectivity index (χ3n) is 4.04. The standard InChI is InChI=1S/C14H13NO5/c16-9-10(17)12-8-7(11(9)20-12)13(18)15(14(8)19)6-4-2-1-3-5-6/h1-5,9-12,16-19H. The first kappa shape index (κ1) is 11.8. The highest BCUT2D eigenvalue weighted by Crippen LogP contribution is 2.58. The second-order valence-corrected chi connectivity index (χ2v) is 5.10. The molecule has 3 heterocycles. The molecular formula is C14H13NO5. The van der Waals surface area contributed by atoms with Crippen LogP contribution in [0.3, 0.4) is 0 Å². The van der Waals surface area contributed by atoms with Gasteiger partial charge in [-0.2, -0.15) is 0 Å². The van der Waals surface area contributed by atoms with Gasteiger partial charge in [-0.15, -0.1) is 0 Å². The van der Waals surface area contributed by atoms with Crippen LogP contribution in [0.5, 0.6) is 11.8 Å². The summed E-state index contributed by atoms with van der Waals surface area (Å²) in [5.41, 5.74) is 1.31. The molecule has 4 N–H and O–H groups in total. The number of aromatic nitrogens is 1. The molecule has 4 rings (SSSR count). The molecule has 1 aromatic heterocycles. The molecule has 2 aliphatic rings. The van der Waals surface area contributed by atoms with E-state index in [-0.39, 0.29) is 11.8 Å². The minimum Gasteiger partial charge on any atom is -0.494 e. The molecule has 6 nitrogen and oxygen atoms in total. The van der Waals surface area contributed by atoms with Crippen LogP contribution in [0.15, 0.2) is 30.3 Å². The zero-order chi connectivity index (χ0) is 14.0. The summed E-state index contributed by atoms with van der Waals surface area (Å²) in [5, 5.41) is 40.4. The van der Waals surface area contributed by atoms with Gasteiger partial charge >= 0.3 is 0 Å². The molecule has 20 heavy (non-hydrogen) atoms. The van der Waals surface area contributed by atoms with Gasteiger partial charge in [0.05, 0.1) is 16.8 Å². The Labute approximate surface area is 114 Å². The van der Waals surface area contributed by atoms with Crippen molar-refractivity contribution >= 4 is 0 Å². The summed E-state index contributed by atoms with van der Waals surface area (Å²) < 4.78 is 6.72. The molecular weight excluding hydrogens is 262 g/mol. The van der Waals surface area contributed by atoms with Crippen molar-refractivity contribution in [2.45, 2.75) is 24.4 Å². The van der Waals surface area contributed by atoms with Gasteiger partial charge in [-0.3, -0.25) is 4.57 Å². The van der Waals surface area contributed by atoms with E-state index in [9.17, 15) is 20.4 Å². The van der Waals surface area contributed by atoms with Crippen LogP contribution in [0.25, 0.3) is 5.69 Å². The van der Waals surface area contributed by atoms with Gasteiger partial charge in [-0.25, -0.2) is 0 Å². The van der Waals surface area contributed by atoms with Gasteiger partial charge in [0.1, 0.15) is 24.4 Å². The summed E-state index contributed by atoms with van der Waals surface area (Å²) in [6.07, 6.45) is -3.80. The Balaban J connectivity index is 1.95. The topological polar surface area (TPSA) is 95.1 Å². The highest BCUT2D eigenvalue weighted by Gasteiger charge is 2.56. The maximum absolute atomic E-state index is 10.3. The lowest BCUT2D eigenvalue weighted by Crippen LogP contribution is -2.30. The largest absolute Gasteiger partial charge is 0.494 e. The Kier molecular flexibility index (Phi) is 2.21. The van der Waals surface area contributed by atoms with E-state index in [0.717, 1.165) is 0 Å². The van der Waals surface area contributed by atoms with E-state index in [0.29, 0.717) is 16.8 Å². The lowest BCUT2D eigenvalue weighted by molar-refractivity contribution is 0.0211. The van der Waals surface area contributed by atoms with Crippen molar-refractivity contribution < 1.29 is 25.2 Å². The Hall–Kier alpha value is -2.02. The third-order valence-corrected chi connectivity index (χ3v) is 4.04. The summed E-state index contributed by atoms with van der Waals surface area (Å²) in [4.78, 5) is 0. The average molecular weight is 275 g/mol. The Morgan fingerprint density at radius 2 is 1.35 bits per heavy atom. The number of ether oxygens (including phenoxy) is 1. The van der Waals surface area contributed by atoms with Crippen molar-refractivity contribution in [2.75, 3.05) is 0 Å². The van der Waals surface area contributed by atoms with Crippen LogP contribution in [0.1, 0.15) is 23.3 Å². The maximum atomic E-state index is 10.3. The van der Waals surface area contributed by atoms with Gasteiger partial charge in [-0.1, -0.05) is 18.2 Å². The number of rotatable bonds is 1. The number of nitrogens with zero attached hydrogens (tertiary/aromatic N) is 1. The van der Waals surface area contributed by atoms with E-state index in [1.807, 2.05) is 6.07 Å². The minimum absolute atomic E-state index is 0.165. The van der Waals surface area contributed by atoms with Crippen molar-refractivity contribution in [1.82, 2.24) is 4.57 Å². The molecule has 2 bridgehead atoms. The van der Waals surface area contributed by atoms with Crippen LogP contribution in [0.4, 0.5) is 0 Å². The molecule has 104 valence electrons. The molecule has 1 aromatic carbocycles. The zero-order valence-electron chi connectivity index (χ0n) is 10.3. The van der Waals surface area contributed by atoms with Gasteiger partial charge in [0.25, 0.3) is 0 Å². The Morgan fingerprint density at radius 3 is 1.85 bits per heavy atom. The number of aliphatic hydroxyl groups is 2. The molecule has 4 unspecified atom stereocenters. The van der Waals surface area contributed by atoms with E-state index >= 15 is 0 Å². The van der Waals surface area contributed by atoms with Gasteiger partial charge in [0, 0.05) is 0 Å². The first-order valence-electron chi connectivity index (χ1n) is 6.34. The van der Waals surface area contributed by atoms with Gasteiger partial charge in [-0.05, 0) is 12.1 Å². The summed E-state index contributed by atoms with van der Waals surface area (Å²) in [6.45, 7) is 0. The molecule has 2 aromatic rings. The van der Waals surface area contributed by atoms with E-state index in [4.69, 9.17) is 4.74 Å². The van der Waals surface area contributed by atoms with Gasteiger partial charge in [0.2, 0.25) is 11.8 Å². The van der Waals surface area contributed by atoms with Crippen LogP contribution in [-0.4, -0.2) is 37.2 Å². The molecule has 0 spiro atoms. The fourth-order valence-electron chi connectivity index (χ4n) is 3.12. The third kappa shape index (κ3) is 1.23. The predicted molar refractivity (Wildman–Crippen MR) is 67.7 cm³/mol. The monoisotopic (exact) mass is 275 g/mol. The Bertz CT molecular complexity index is 643. The number of fused-ring (bicyclic) bond motifs is 5. The number of hydrogen-bond donors (Lipinski definition) is 4. The molecule has 0 saturated carbocycles. The van der Waals surface area contributed by atoms with Crippen LogP contribution in [0, 0.1) is 0 Å². The van der Waals surface area contributed by atoms with Gasteiger partial charge < -0.3 is 25.2 Å². The zero-order valence-corrected chi connectivity index (χ0v) is 10.3. The summed E-state index contributed by atoms with van der Waals surface area (Å²) >= 11 is 0. The lowest BCUT2D eigenvalue weighted by atomic mass is 9.90. The fraction of sp³-hybridized carbons (Fsp3) is 0.286. The number of benzene rings is 1. The molecule has 1 saturated heterocycles. The van der Waals surface area contributed by atoms with E-state index in [1.165, 1.54) is 4.57 Å². The molecule has 4 atom stereocenters. The maximum Gasteiger partial charge on any atom is 0.205 e. The summed E-state index contributed by atoms with van der Waals surface area (Å²) in [5.74, 6) is -0.329. The van der Waals surface area contributed by atoms with Crippen molar-refractivity contribution in [3.8, 4) is 17.4 Å². The van der Waals surface area contributed by atoms with Crippen molar-refractivity contribution in [3.05, 3.63) is 41.5 Å². The molecule has 2 aliphatic heterocycles. The first-order valence-corrected chi connectivity index (χ1v) is 6.34. The van der Waals surface area contributed by atoms with Crippen LogP contribution < -0.4 is 0 Å². The fourth-order valence-corrected chi connectivity index (χ4v) is 3.12. The van der Waals surface area contributed by atoms with Crippen molar-refractivity contribution in [1.29, 1.82) is 0 Å². The van der Waals surface area contributed by atoms with Crippen LogP contribution in [0.2, 0.25) is 0 Å². The highest BCUT2D eigenvalue weighted by atomic mass is 16.5. The quantitative estimate of drug-likeness (QED) is 0.615. The number of aromatic hydroxyl groups is 2. The van der Waals surface area contributed by atoms with E-state index in [1.54, 1.807) is 24.3 Å². The molecule has 6 heteroatoms. The molecule has 0 amide bonds. The van der Waals surface area contributed by atoms with Crippen molar-refractivity contribution in [2.24, 2.45) is 0 Å². The minimum atomic E-state index is -1.09. The van der Waals surface area contributed by atoms with Crippen molar-refractivity contribution in [3.63, 3.8) is 0 Å². The summed E-state index contributed by atoms with van der Waals surface area (Å²) in [7, 11) is 0. The molecule has 0 aliphatic carbocycles. The Morgan fingerprint density at radius 1 is 0.850 bits per heavy atom. The van der Waals surface area contributed by atoms with Gasteiger partial charge in [0.15, 0.2) is 0 Å². The second kappa shape index (κ2) is 3.76. The highest BCUT2D eigenvalue weighted by molar-refractivity contribution is 5.58. The second-order valence-electron chi connectivity index (χ2n) is 5.10. The smallest absolute Gasteiger partial charge is 0.205 e. The first-order chi connectivity index (χ1) is 9.61. The number of hydrogen-bond acceptors (Lipinski definition) is 5. The van der Waals surface area contributed by atoms with E-state index in [2.05, 4.69) is 0 Å². The predicted octanol–water partition coefficient (Wildman–Crippen LogP) is 0.736. The molecule has 1 fully saturated rings. The summed E-state index contributed by atoms with van der Waals surface area (Å²) in [6, 6.07) is 8.88. The van der Waals surface area contributed by atoms with Crippen LogP contribution >= 0.6 is 0 Å². The number of para-hydroxylation sites is 1. The SMILES string of the molecule is Oc1c2c(c(O)n1-c1ccccc1)C1OC2C(O)C1O.